The number of carbonyl (C=O) groups is 1. The molecule has 18 heavy (non-hydrogen) atoms. The zero-order chi connectivity index (χ0) is 13.0. The maximum atomic E-state index is 11.7. The van der Waals surface area contributed by atoms with Crippen LogP contribution in [0.5, 0.6) is 0 Å². The van der Waals surface area contributed by atoms with Gasteiger partial charge in [-0.2, -0.15) is 0 Å². The zero-order valence-corrected chi connectivity index (χ0v) is 11.3. The second kappa shape index (κ2) is 6.03. The van der Waals surface area contributed by atoms with Crippen LogP contribution >= 0.6 is 0 Å². The van der Waals surface area contributed by atoms with Crippen molar-refractivity contribution < 1.29 is 9.53 Å². The second-order valence-corrected chi connectivity index (χ2v) is 5.06. The lowest BCUT2D eigenvalue weighted by Gasteiger charge is -2.22. The predicted octanol–water partition coefficient (Wildman–Crippen LogP) is 2.95. The van der Waals surface area contributed by atoms with E-state index in [4.69, 9.17) is 4.74 Å². The SMILES string of the molecule is CCOC(=O)c1ncn(CC2CCCCC2)c1C. The summed E-state index contributed by atoms with van der Waals surface area (Å²) in [4.78, 5) is 15.9. The number of nitrogens with zero attached hydrogens (tertiary/aromatic N) is 2. The standard InChI is InChI=1S/C14H22N2O2/c1-3-18-14(17)13-11(2)16(10-15-13)9-12-7-5-4-6-8-12/h10,12H,3-9H2,1-2H3. The minimum atomic E-state index is -0.308. The topological polar surface area (TPSA) is 44.1 Å². The fraction of sp³-hybridized carbons (Fsp3) is 0.714. The number of hydrogen-bond acceptors (Lipinski definition) is 3. The van der Waals surface area contributed by atoms with Gasteiger partial charge in [0, 0.05) is 12.2 Å². The van der Waals surface area contributed by atoms with Gasteiger partial charge in [0.2, 0.25) is 0 Å². The average molecular weight is 250 g/mol. The van der Waals surface area contributed by atoms with Crippen molar-refractivity contribution in [1.29, 1.82) is 0 Å². The number of carbonyl (C=O) groups excluding carboxylic acids is 1. The van der Waals surface area contributed by atoms with E-state index in [1.807, 2.05) is 13.8 Å². The lowest BCUT2D eigenvalue weighted by atomic mass is 9.89. The van der Waals surface area contributed by atoms with E-state index >= 15 is 0 Å². The molecule has 0 saturated heterocycles. The summed E-state index contributed by atoms with van der Waals surface area (Å²) in [7, 11) is 0. The fourth-order valence-corrected chi connectivity index (χ4v) is 2.68. The Morgan fingerprint density at radius 3 is 2.83 bits per heavy atom. The number of esters is 1. The number of ether oxygens (including phenoxy) is 1. The Balaban J connectivity index is 2.03. The van der Waals surface area contributed by atoms with E-state index in [-0.39, 0.29) is 5.97 Å². The molecule has 1 saturated carbocycles. The van der Waals surface area contributed by atoms with Crippen LogP contribution in [0.3, 0.4) is 0 Å². The van der Waals surface area contributed by atoms with Crippen LogP contribution in [0.4, 0.5) is 0 Å². The molecule has 1 heterocycles. The first-order valence-electron chi connectivity index (χ1n) is 6.91. The molecule has 0 atom stereocenters. The van der Waals surface area contributed by atoms with Crippen LogP contribution < -0.4 is 0 Å². The monoisotopic (exact) mass is 250 g/mol. The molecule has 1 aliphatic carbocycles. The van der Waals surface area contributed by atoms with E-state index < -0.39 is 0 Å². The van der Waals surface area contributed by atoms with E-state index in [1.54, 1.807) is 6.33 Å². The average Bonchev–Trinajstić information content (AvgIpc) is 2.73. The molecule has 0 aliphatic heterocycles. The molecule has 1 aromatic heterocycles. The minimum Gasteiger partial charge on any atom is -0.461 e. The summed E-state index contributed by atoms with van der Waals surface area (Å²) in [6.07, 6.45) is 8.41. The molecule has 0 spiro atoms. The van der Waals surface area contributed by atoms with Crippen LogP contribution in [0.2, 0.25) is 0 Å². The van der Waals surface area contributed by atoms with Crippen LogP contribution in [0.25, 0.3) is 0 Å². The summed E-state index contributed by atoms with van der Waals surface area (Å²) < 4.78 is 7.10. The summed E-state index contributed by atoms with van der Waals surface area (Å²) in [5, 5.41) is 0. The minimum absolute atomic E-state index is 0.308. The van der Waals surface area contributed by atoms with Gasteiger partial charge in [-0.3, -0.25) is 0 Å². The molecule has 0 amide bonds. The highest BCUT2D eigenvalue weighted by Gasteiger charge is 2.19. The van der Waals surface area contributed by atoms with Crippen LogP contribution in [-0.2, 0) is 11.3 Å². The molecule has 0 bridgehead atoms. The van der Waals surface area contributed by atoms with Gasteiger partial charge < -0.3 is 9.30 Å². The second-order valence-electron chi connectivity index (χ2n) is 5.06. The number of rotatable bonds is 4. The molecule has 0 N–H and O–H groups in total. The third-order valence-electron chi connectivity index (χ3n) is 3.75. The van der Waals surface area contributed by atoms with Crippen molar-refractivity contribution in [3.8, 4) is 0 Å². The molecule has 0 unspecified atom stereocenters. The third kappa shape index (κ3) is 2.92. The molecule has 4 nitrogen and oxygen atoms in total. The van der Waals surface area contributed by atoms with E-state index in [1.165, 1.54) is 32.1 Å². The molecule has 1 aliphatic rings. The summed E-state index contributed by atoms with van der Waals surface area (Å²) in [6.45, 7) is 5.14. The van der Waals surface area contributed by atoms with Gasteiger partial charge in [0.05, 0.1) is 12.9 Å². The molecule has 0 aromatic carbocycles. The molecule has 4 heteroatoms. The van der Waals surface area contributed by atoms with Crippen molar-refractivity contribution in [2.75, 3.05) is 6.61 Å². The predicted molar refractivity (Wildman–Crippen MR) is 69.5 cm³/mol. The highest BCUT2D eigenvalue weighted by atomic mass is 16.5. The van der Waals surface area contributed by atoms with Crippen LogP contribution in [0.1, 0.15) is 55.2 Å². The normalized spacial score (nSPS) is 16.8. The highest BCUT2D eigenvalue weighted by molar-refractivity contribution is 5.88. The molecule has 0 radical (unpaired) electrons. The van der Waals surface area contributed by atoms with Gasteiger partial charge in [-0.05, 0) is 32.6 Å². The largest absolute Gasteiger partial charge is 0.461 e. The van der Waals surface area contributed by atoms with Crippen molar-refractivity contribution in [3.63, 3.8) is 0 Å². The van der Waals surface area contributed by atoms with Crippen molar-refractivity contribution in [2.24, 2.45) is 5.92 Å². The third-order valence-corrected chi connectivity index (χ3v) is 3.75. The Morgan fingerprint density at radius 1 is 1.44 bits per heavy atom. The number of aromatic nitrogens is 2. The Labute approximate surface area is 108 Å². The van der Waals surface area contributed by atoms with Crippen molar-refractivity contribution in [3.05, 3.63) is 17.7 Å². The molecule has 100 valence electrons. The van der Waals surface area contributed by atoms with Gasteiger partial charge in [0.25, 0.3) is 0 Å². The zero-order valence-electron chi connectivity index (χ0n) is 11.3. The fourth-order valence-electron chi connectivity index (χ4n) is 2.68. The first kappa shape index (κ1) is 13.1. The van der Waals surface area contributed by atoms with Crippen LogP contribution in [-0.4, -0.2) is 22.1 Å². The lowest BCUT2D eigenvalue weighted by Crippen LogP contribution is -2.15. The molecule has 2 rings (SSSR count). The Hall–Kier alpha value is -1.32. The van der Waals surface area contributed by atoms with Gasteiger partial charge in [-0.1, -0.05) is 19.3 Å². The first-order valence-corrected chi connectivity index (χ1v) is 6.91. The Kier molecular flexibility index (Phi) is 4.39. The van der Waals surface area contributed by atoms with Gasteiger partial charge in [-0.25, -0.2) is 9.78 Å². The van der Waals surface area contributed by atoms with Crippen molar-refractivity contribution >= 4 is 5.97 Å². The maximum Gasteiger partial charge on any atom is 0.358 e. The Bertz CT molecular complexity index is 406. The van der Waals surface area contributed by atoms with Crippen molar-refractivity contribution in [1.82, 2.24) is 9.55 Å². The molecule has 1 aromatic rings. The molecule has 1 fully saturated rings. The van der Waals surface area contributed by atoms with E-state index in [0.717, 1.165) is 18.2 Å². The summed E-state index contributed by atoms with van der Waals surface area (Å²) >= 11 is 0. The van der Waals surface area contributed by atoms with Gasteiger partial charge in [0.15, 0.2) is 5.69 Å². The van der Waals surface area contributed by atoms with Crippen molar-refractivity contribution in [2.45, 2.75) is 52.5 Å². The summed E-state index contributed by atoms with van der Waals surface area (Å²) in [5.41, 5.74) is 1.40. The highest BCUT2D eigenvalue weighted by Crippen LogP contribution is 2.25. The van der Waals surface area contributed by atoms with E-state index in [9.17, 15) is 4.79 Å². The van der Waals surface area contributed by atoms with Gasteiger partial charge in [0.1, 0.15) is 0 Å². The Morgan fingerprint density at radius 2 is 2.17 bits per heavy atom. The molecular formula is C14H22N2O2. The van der Waals surface area contributed by atoms with Gasteiger partial charge in [-0.15, -0.1) is 0 Å². The quantitative estimate of drug-likeness (QED) is 0.772. The van der Waals surface area contributed by atoms with Crippen LogP contribution in [0, 0.1) is 12.8 Å². The smallest absolute Gasteiger partial charge is 0.358 e. The maximum absolute atomic E-state index is 11.7. The first-order chi connectivity index (χ1) is 8.72. The van der Waals surface area contributed by atoms with E-state index in [2.05, 4.69) is 9.55 Å². The number of imidazole rings is 1. The summed E-state index contributed by atoms with van der Waals surface area (Å²) in [5.74, 6) is 0.430. The lowest BCUT2D eigenvalue weighted by molar-refractivity contribution is 0.0519. The molecular weight excluding hydrogens is 228 g/mol. The number of hydrogen-bond donors (Lipinski definition) is 0. The van der Waals surface area contributed by atoms with Crippen LogP contribution in [0.15, 0.2) is 6.33 Å². The van der Waals surface area contributed by atoms with Gasteiger partial charge >= 0.3 is 5.97 Å². The summed E-state index contributed by atoms with van der Waals surface area (Å²) in [6, 6.07) is 0. The van der Waals surface area contributed by atoms with E-state index in [0.29, 0.717) is 12.3 Å².